The van der Waals surface area contributed by atoms with Crippen LogP contribution in [-0.2, 0) is 16.9 Å². The molecule has 2 aromatic heterocycles. The lowest BCUT2D eigenvalue weighted by molar-refractivity contribution is -0.0165. The zero-order valence-corrected chi connectivity index (χ0v) is 17.4. The van der Waals surface area contributed by atoms with Crippen molar-refractivity contribution in [1.29, 1.82) is 0 Å². The lowest BCUT2D eigenvalue weighted by Gasteiger charge is -2.37. The molecule has 4 heterocycles. The highest BCUT2D eigenvalue weighted by Gasteiger charge is 2.43. The third kappa shape index (κ3) is 3.91. The second-order valence-electron chi connectivity index (χ2n) is 9.20. The third-order valence-electron chi connectivity index (χ3n) is 5.63. The summed E-state index contributed by atoms with van der Waals surface area (Å²) in [6.07, 6.45) is 2.04. The molecule has 2 aliphatic heterocycles. The largest absolute Gasteiger partial charge is 0.444 e. The van der Waals surface area contributed by atoms with Crippen LogP contribution in [-0.4, -0.2) is 56.9 Å². The minimum absolute atomic E-state index is 0.00277. The Balaban J connectivity index is 1.45. The van der Waals surface area contributed by atoms with Crippen molar-refractivity contribution in [2.75, 3.05) is 19.6 Å². The molecule has 1 saturated heterocycles. The second kappa shape index (κ2) is 7.31. The molecule has 1 unspecified atom stereocenters. The average Bonchev–Trinajstić information content (AvgIpc) is 2.95. The van der Waals surface area contributed by atoms with E-state index >= 15 is 0 Å². The van der Waals surface area contributed by atoms with E-state index in [4.69, 9.17) is 4.74 Å². The van der Waals surface area contributed by atoms with Crippen LogP contribution in [0, 0.1) is 5.82 Å². The molecule has 0 aromatic carbocycles. The van der Waals surface area contributed by atoms with Gasteiger partial charge in [-0.2, -0.15) is 0 Å². The molecule has 1 fully saturated rings. The minimum atomic E-state index is -1.51. The van der Waals surface area contributed by atoms with Gasteiger partial charge in [-0.3, -0.25) is 14.7 Å². The Morgan fingerprint density at radius 2 is 2.07 bits per heavy atom. The van der Waals surface area contributed by atoms with E-state index in [1.54, 1.807) is 6.07 Å². The number of aromatic nitrogens is 2. The van der Waals surface area contributed by atoms with Crippen LogP contribution in [0.3, 0.4) is 0 Å². The number of ether oxygens (including phenoxy) is 1. The van der Waals surface area contributed by atoms with Crippen molar-refractivity contribution in [3.8, 4) is 0 Å². The maximum absolute atomic E-state index is 14.7. The standard InChI is InChI=1S/C21H27FN4O4/c1-20(2,3)30-19(28)24-13-6-8-25(9-7-13)11-21(29)12-26-16(27)5-4-15-18(26)17(21)14(22)10-23-15/h4-5,10,13,29H,6-9,11-12H2,1-3H3,(H,24,28). The van der Waals surface area contributed by atoms with Gasteiger partial charge in [-0.1, -0.05) is 0 Å². The quantitative estimate of drug-likeness (QED) is 0.788. The third-order valence-corrected chi connectivity index (χ3v) is 5.63. The first-order chi connectivity index (χ1) is 14.1. The Hall–Kier alpha value is -2.52. The van der Waals surface area contributed by atoms with Crippen molar-refractivity contribution in [3.63, 3.8) is 0 Å². The molecule has 0 spiro atoms. The number of amides is 1. The monoisotopic (exact) mass is 418 g/mol. The molecule has 2 aromatic rings. The molecule has 8 nitrogen and oxygen atoms in total. The fourth-order valence-electron chi connectivity index (χ4n) is 4.39. The first kappa shape index (κ1) is 20.7. The number of hydrogen-bond acceptors (Lipinski definition) is 6. The van der Waals surface area contributed by atoms with E-state index in [-0.39, 0.29) is 30.3 Å². The van der Waals surface area contributed by atoms with Gasteiger partial charge in [-0.05, 0) is 39.7 Å². The molecule has 0 aliphatic carbocycles. The summed E-state index contributed by atoms with van der Waals surface area (Å²) in [6, 6.07) is 2.92. The van der Waals surface area contributed by atoms with Gasteiger partial charge in [0.05, 0.1) is 29.3 Å². The van der Waals surface area contributed by atoms with E-state index in [0.29, 0.717) is 37.0 Å². The normalized spacial score (nSPS) is 22.4. The summed E-state index contributed by atoms with van der Waals surface area (Å²) in [4.78, 5) is 30.3. The number of rotatable bonds is 3. The number of aliphatic hydroxyl groups is 1. The number of nitrogens with zero attached hydrogens (tertiary/aromatic N) is 3. The SMILES string of the molecule is CC(C)(C)OC(=O)NC1CCN(CC2(O)Cn3c(=O)ccc4ncc(F)c2c43)CC1. The summed E-state index contributed by atoms with van der Waals surface area (Å²) in [7, 11) is 0. The molecule has 1 amide bonds. The number of halogens is 1. The summed E-state index contributed by atoms with van der Waals surface area (Å²) >= 11 is 0. The Bertz CT molecular complexity index is 1040. The molecule has 2 N–H and O–H groups in total. The molecule has 2 aliphatic rings. The number of nitrogens with one attached hydrogen (secondary N) is 1. The van der Waals surface area contributed by atoms with Crippen LogP contribution in [0.25, 0.3) is 11.0 Å². The summed E-state index contributed by atoms with van der Waals surface area (Å²) in [6.45, 7) is 6.90. The summed E-state index contributed by atoms with van der Waals surface area (Å²) in [5, 5.41) is 14.2. The zero-order valence-electron chi connectivity index (χ0n) is 17.4. The van der Waals surface area contributed by atoms with E-state index in [1.807, 2.05) is 25.7 Å². The van der Waals surface area contributed by atoms with Gasteiger partial charge < -0.3 is 19.7 Å². The Kier molecular flexibility index (Phi) is 5.06. The number of alkyl carbamates (subject to hydrolysis) is 1. The number of carbonyl (C=O) groups is 1. The molecule has 9 heteroatoms. The zero-order chi connectivity index (χ0) is 21.7. The predicted octanol–water partition coefficient (Wildman–Crippen LogP) is 1.73. The van der Waals surface area contributed by atoms with Crippen molar-refractivity contribution >= 4 is 17.1 Å². The van der Waals surface area contributed by atoms with Crippen molar-refractivity contribution in [2.24, 2.45) is 0 Å². The molecular formula is C21H27FN4O4. The topological polar surface area (TPSA) is 96.7 Å². The van der Waals surface area contributed by atoms with Gasteiger partial charge in [0.1, 0.15) is 17.0 Å². The lowest BCUT2D eigenvalue weighted by Crippen LogP contribution is -2.50. The number of pyridine rings is 2. The van der Waals surface area contributed by atoms with Gasteiger partial charge in [0.25, 0.3) is 5.56 Å². The molecule has 0 radical (unpaired) electrons. The summed E-state index contributed by atoms with van der Waals surface area (Å²) in [5.74, 6) is -0.608. The highest BCUT2D eigenvalue weighted by Crippen LogP contribution is 2.37. The average molecular weight is 418 g/mol. The van der Waals surface area contributed by atoms with Crippen molar-refractivity contribution < 1.29 is 19.0 Å². The van der Waals surface area contributed by atoms with Crippen molar-refractivity contribution in [2.45, 2.75) is 57.4 Å². The van der Waals surface area contributed by atoms with Gasteiger partial charge in [-0.25, -0.2) is 9.18 Å². The number of likely N-dealkylation sites (tertiary alicyclic amines) is 1. The molecule has 1 atom stereocenters. The van der Waals surface area contributed by atoms with Crippen LogP contribution in [0.5, 0.6) is 0 Å². The fourth-order valence-corrected chi connectivity index (χ4v) is 4.39. The van der Waals surface area contributed by atoms with Crippen LogP contribution < -0.4 is 10.9 Å². The van der Waals surface area contributed by atoms with Gasteiger partial charge in [-0.15, -0.1) is 0 Å². The van der Waals surface area contributed by atoms with Crippen molar-refractivity contribution in [3.05, 3.63) is 40.1 Å². The molecular weight excluding hydrogens is 391 g/mol. The predicted molar refractivity (Wildman–Crippen MR) is 109 cm³/mol. The first-order valence-electron chi connectivity index (χ1n) is 10.2. The Morgan fingerprint density at radius 1 is 1.37 bits per heavy atom. The Morgan fingerprint density at radius 3 is 2.73 bits per heavy atom. The number of β-amino-alcohol motifs (C(OH)–C–C–N with tert-alkyl or cyclic N) is 1. The first-order valence-corrected chi connectivity index (χ1v) is 10.2. The molecule has 4 rings (SSSR count). The van der Waals surface area contributed by atoms with Crippen LogP contribution in [0.1, 0.15) is 39.2 Å². The highest BCUT2D eigenvalue weighted by molar-refractivity contribution is 5.81. The second-order valence-corrected chi connectivity index (χ2v) is 9.20. The fraction of sp³-hybridized carbons (Fsp3) is 0.571. The molecule has 162 valence electrons. The van der Waals surface area contributed by atoms with Crippen LogP contribution in [0.15, 0.2) is 23.1 Å². The molecule has 0 saturated carbocycles. The van der Waals surface area contributed by atoms with Gasteiger partial charge >= 0.3 is 6.09 Å². The van der Waals surface area contributed by atoms with E-state index in [0.717, 1.165) is 6.20 Å². The Labute approximate surface area is 173 Å². The number of piperidine rings is 1. The van der Waals surface area contributed by atoms with E-state index in [1.165, 1.54) is 10.6 Å². The van der Waals surface area contributed by atoms with E-state index in [2.05, 4.69) is 10.3 Å². The molecule has 30 heavy (non-hydrogen) atoms. The van der Waals surface area contributed by atoms with E-state index < -0.39 is 23.1 Å². The highest BCUT2D eigenvalue weighted by atomic mass is 19.1. The smallest absolute Gasteiger partial charge is 0.407 e. The van der Waals surface area contributed by atoms with Crippen molar-refractivity contribution in [1.82, 2.24) is 19.8 Å². The van der Waals surface area contributed by atoms with E-state index in [9.17, 15) is 19.1 Å². The molecule has 0 bridgehead atoms. The van der Waals surface area contributed by atoms with Crippen LogP contribution in [0.4, 0.5) is 9.18 Å². The lowest BCUT2D eigenvalue weighted by atomic mass is 9.93. The van der Waals surface area contributed by atoms with Gasteiger partial charge in [0.2, 0.25) is 0 Å². The maximum Gasteiger partial charge on any atom is 0.407 e. The summed E-state index contributed by atoms with van der Waals surface area (Å²) < 4.78 is 21.4. The number of hydrogen-bond donors (Lipinski definition) is 2. The van der Waals surface area contributed by atoms with Crippen LogP contribution in [0.2, 0.25) is 0 Å². The number of carbonyl (C=O) groups excluding carboxylic acids is 1. The van der Waals surface area contributed by atoms with Gasteiger partial charge in [0.15, 0.2) is 0 Å². The minimum Gasteiger partial charge on any atom is -0.444 e. The maximum atomic E-state index is 14.7. The van der Waals surface area contributed by atoms with Crippen LogP contribution >= 0.6 is 0 Å². The van der Waals surface area contributed by atoms with Gasteiger partial charge in [0, 0.05) is 31.7 Å². The summed E-state index contributed by atoms with van der Waals surface area (Å²) in [5.41, 5.74) is -1.35.